The van der Waals surface area contributed by atoms with Crippen molar-refractivity contribution in [3.05, 3.63) is 267 Å². The summed E-state index contributed by atoms with van der Waals surface area (Å²) in [7, 11) is 0. The van der Waals surface area contributed by atoms with E-state index in [0.29, 0.717) is 0 Å². The van der Waals surface area contributed by atoms with Gasteiger partial charge in [0.15, 0.2) is 0 Å². The molecule has 0 unspecified atom stereocenters. The molecule has 66 heavy (non-hydrogen) atoms. The predicted octanol–water partition coefficient (Wildman–Crippen LogP) is 17.7. The molecule has 0 atom stereocenters. The van der Waals surface area contributed by atoms with Crippen LogP contribution in [0.1, 0.15) is 0 Å². The summed E-state index contributed by atoms with van der Waals surface area (Å²) in [6.45, 7) is 0. The molecule has 0 saturated heterocycles. The Kier molecular flexibility index (Phi) is 9.89. The van der Waals surface area contributed by atoms with Crippen LogP contribution in [0.5, 0.6) is 0 Å². The molecule has 0 saturated carbocycles. The van der Waals surface area contributed by atoms with E-state index in [4.69, 9.17) is 0 Å². The van der Waals surface area contributed by atoms with Crippen molar-refractivity contribution >= 4 is 49.6 Å². The average molecular weight is 841 g/mol. The Morgan fingerprint density at radius 1 is 0.273 bits per heavy atom. The Labute approximate surface area is 385 Å². The summed E-state index contributed by atoms with van der Waals surface area (Å²) in [5.74, 6) is 0. The first-order chi connectivity index (χ1) is 32.8. The third-order valence-electron chi connectivity index (χ3n) is 13.0. The van der Waals surface area contributed by atoms with Crippen molar-refractivity contribution in [1.29, 1.82) is 0 Å². The number of aromatic nitrogens is 1. The van der Waals surface area contributed by atoms with E-state index >= 15 is 0 Å². The standard InChI is InChI=1S/C64H44N2/c1-4-20-45(21-5-1)53-43-42-51(44-59(53)56-33-18-27-46-24-10-11-28-52(46)56)65(60-34-15-12-29-54(60)47-22-6-2-7-23-47)50-40-38-48(39-41-50)55-32-19-37-63(64(55)49-25-8-3-9-26-49)66-61-35-16-13-30-57(61)58-31-14-17-36-62(58)66/h1-44H. The number of anilines is 3. The minimum Gasteiger partial charge on any atom is -0.310 e. The molecule has 2 heteroatoms. The van der Waals surface area contributed by atoms with Gasteiger partial charge in [0.1, 0.15) is 0 Å². The van der Waals surface area contributed by atoms with E-state index in [-0.39, 0.29) is 0 Å². The molecule has 0 N–H and O–H groups in total. The van der Waals surface area contributed by atoms with Crippen molar-refractivity contribution in [3.63, 3.8) is 0 Å². The number of para-hydroxylation sites is 3. The lowest BCUT2D eigenvalue weighted by molar-refractivity contribution is 1.18. The van der Waals surface area contributed by atoms with E-state index < -0.39 is 0 Å². The summed E-state index contributed by atoms with van der Waals surface area (Å²) in [5.41, 5.74) is 18.6. The molecular formula is C64H44N2. The van der Waals surface area contributed by atoms with Gasteiger partial charge >= 0.3 is 0 Å². The lowest BCUT2D eigenvalue weighted by Gasteiger charge is -2.29. The van der Waals surface area contributed by atoms with Crippen molar-refractivity contribution < 1.29 is 0 Å². The maximum Gasteiger partial charge on any atom is 0.0546 e. The van der Waals surface area contributed by atoms with Gasteiger partial charge < -0.3 is 9.47 Å². The molecule has 0 fully saturated rings. The molecule has 2 nitrogen and oxygen atoms in total. The SMILES string of the molecule is c1ccc(-c2ccc(N(c3ccc(-c4cccc(-n5c6ccccc6c6ccccc65)c4-c4ccccc4)cc3)c3ccccc3-c3ccccc3)cc2-c2cccc3ccccc23)cc1. The fourth-order valence-electron chi connectivity index (χ4n) is 10.0. The number of fused-ring (bicyclic) bond motifs is 4. The molecule has 12 rings (SSSR count). The number of hydrogen-bond acceptors (Lipinski definition) is 1. The van der Waals surface area contributed by atoms with Gasteiger partial charge in [-0.3, -0.25) is 0 Å². The maximum absolute atomic E-state index is 2.44. The molecule has 0 aliphatic carbocycles. The molecular weight excluding hydrogens is 797 g/mol. The van der Waals surface area contributed by atoms with Gasteiger partial charge in [-0.05, 0) is 104 Å². The second-order valence-electron chi connectivity index (χ2n) is 16.8. The van der Waals surface area contributed by atoms with Gasteiger partial charge in [-0.1, -0.05) is 218 Å². The number of benzene rings is 11. The van der Waals surface area contributed by atoms with Crippen molar-refractivity contribution in [2.75, 3.05) is 4.90 Å². The van der Waals surface area contributed by atoms with Crippen LogP contribution in [0.3, 0.4) is 0 Å². The Balaban J connectivity index is 1.06. The van der Waals surface area contributed by atoms with Gasteiger partial charge in [0, 0.05) is 33.3 Å². The monoisotopic (exact) mass is 840 g/mol. The molecule has 0 aliphatic rings. The summed E-state index contributed by atoms with van der Waals surface area (Å²) in [6, 6.07) is 96.9. The van der Waals surface area contributed by atoms with E-state index in [2.05, 4.69) is 276 Å². The quantitative estimate of drug-likeness (QED) is 0.141. The van der Waals surface area contributed by atoms with E-state index in [1.807, 2.05) is 0 Å². The van der Waals surface area contributed by atoms with Crippen LogP contribution in [0.15, 0.2) is 267 Å². The Bertz CT molecular complexity index is 3620. The summed E-state index contributed by atoms with van der Waals surface area (Å²) >= 11 is 0. The van der Waals surface area contributed by atoms with Gasteiger partial charge in [-0.15, -0.1) is 0 Å². The third-order valence-corrected chi connectivity index (χ3v) is 13.0. The van der Waals surface area contributed by atoms with Gasteiger partial charge in [0.05, 0.1) is 22.4 Å². The molecule has 1 heterocycles. The second-order valence-corrected chi connectivity index (χ2v) is 16.8. The van der Waals surface area contributed by atoms with Crippen LogP contribution in [0.25, 0.3) is 93.9 Å². The molecule has 0 bridgehead atoms. The van der Waals surface area contributed by atoms with Gasteiger partial charge in [-0.2, -0.15) is 0 Å². The lowest BCUT2D eigenvalue weighted by Crippen LogP contribution is -2.11. The van der Waals surface area contributed by atoms with Crippen LogP contribution in [-0.2, 0) is 0 Å². The summed E-state index contributed by atoms with van der Waals surface area (Å²) in [6.07, 6.45) is 0. The first kappa shape index (κ1) is 38.9. The zero-order chi connectivity index (χ0) is 43.8. The van der Waals surface area contributed by atoms with E-state index in [1.165, 1.54) is 77.1 Å². The number of nitrogens with zero attached hydrogens (tertiary/aromatic N) is 2. The molecule has 11 aromatic carbocycles. The Hall–Kier alpha value is -8.72. The zero-order valence-corrected chi connectivity index (χ0v) is 36.3. The smallest absolute Gasteiger partial charge is 0.0546 e. The van der Waals surface area contributed by atoms with Crippen LogP contribution in [0.4, 0.5) is 17.1 Å². The fourth-order valence-corrected chi connectivity index (χ4v) is 10.0. The third kappa shape index (κ3) is 6.84. The first-order valence-electron chi connectivity index (χ1n) is 22.7. The van der Waals surface area contributed by atoms with Crippen LogP contribution in [0, 0.1) is 0 Å². The average Bonchev–Trinajstić information content (AvgIpc) is 3.74. The highest BCUT2D eigenvalue weighted by Crippen LogP contribution is 2.47. The fraction of sp³-hybridized carbons (Fsp3) is 0. The largest absolute Gasteiger partial charge is 0.310 e. The maximum atomic E-state index is 2.44. The van der Waals surface area contributed by atoms with E-state index in [9.17, 15) is 0 Å². The zero-order valence-electron chi connectivity index (χ0n) is 36.3. The highest BCUT2D eigenvalue weighted by molar-refractivity contribution is 6.10. The summed E-state index contributed by atoms with van der Waals surface area (Å²) < 4.78 is 2.44. The molecule has 310 valence electrons. The minimum absolute atomic E-state index is 1.07. The van der Waals surface area contributed by atoms with Crippen molar-refractivity contribution in [3.8, 4) is 61.3 Å². The highest BCUT2D eigenvalue weighted by Gasteiger charge is 2.22. The van der Waals surface area contributed by atoms with Crippen LogP contribution >= 0.6 is 0 Å². The lowest BCUT2D eigenvalue weighted by atomic mass is 9.90. The van der Waals surface area contributed by atoms with Gasteiger partial charge in [-0.25, -0.2) is 0 Å². The second kappa shape index (κ2) is 16.8. The number of rotatable bonds is 9. The van der Waals surface area contributed by atoms with Crippen molar-refractivity contribution in [2.24, 2.45) is 0 Å². The van der Waals surface area contributed by atoms with Crippen molar-refractivity contribution in [2.45, 2.75) is 0 Å². The molecule has 1 aromatic heterocycles. The van der Waals surface area contributed by atoms with E-state index in [1.54, 1.807) is 0 Å². The van der Waals surface area contributed by atoms with E-state index in [0.717, 1.165) is 33.9 Å². The van der Waals surface area contributed by atoms with Gasteiger partial charge in [0.2, 0.25) is 0 Å². The Morgan fingerprint density at radius 3 is 1.45 bits per heavy atom. The van der Waals surface area contributed by atoms with Crippen LogP contribution < -0.4 is 4.90 Å². The molecule has 0 spiro atoms. The minimum atomic E-state index is 1.07. The Morgan fingerprint density at radius 2 is 0.758 bits per heavy atom. The van der Waals surface area contributed by atoms with Crippen LogP contribution in [0.2, 0.25) is 0 Å². The number of hydrogen-bond donors (Lipinski definition) is 0. The predicted molar refractivity (Wildman–Crippen MR) is 280 cm³/mol. The topological polar surface area (TPSA) is 8.17 Å². The highest BCUT2D eigenvalue weighted by atomic mass is 15.1. The molecule has 0 radical (unpaired) electrons. The van der Waals surface area contributed by atoms with Gasteiger partial charge in [0.25, 0.3) is 0 Å². The summed E-state index contributed by atoms with van der Waals surface area (Å²) in [4.78, 5) is 2.43. The normalized spacial score (nSPS) is 11.3. The van der Waals surface area contributed by atoms with Crippen molar-refractivity contribution in [1.82, 2.24) is 4.57 Å². The molecule has 0 amide bonds. The molecule has 0 aliphatic heterocycles. The summed E-state index contributed by atoms with van der Waals surface area (Å²) in [5, 5.41) is 4.95. The molecule has 12 aromatic rings. The van der Waals surface area contributed by atoms with Crippen LogP contribution in [-0.4, -0.2) is 4.57 Å². The first-order valence-corrected chi connectivity index (χ1v) is 22.7.